The maximum absolute atomic E-state index is 11.0. The lowest BCUT2D eigenvalue weighted by Gasteiger charge is -2.32. The Bertz CT molecular complexity index is 448. The Kier molecular flexibility index (Phi) is 5.87. The van der Waals surface area contributed by atoms with Gasteiger partial charge in [0.2, 0.25) is 0 Å². The molecule has 1 aromatic carbocycles. The van der Waals surface area contributed by atoms with E-state index in [9.17, 15) is 4.79 Å². The predicted octanol–water partition coefficient (Wildman–Crippen LogP) is 2.89. The van der Waals surface area contributed by atoms with Crippen LogP contribution in [0.5, 0.6) is 0 Å². The van der Waals surface area contributed by atoms with E-state index in [0.29, 0.717) is 12.1 Å². The first-order valence-corrected chi connectivity index (χ1v) is 6.68. The molecular weight excluding hydrogens is 240 g/mol. The third-order valence-corrected chi connectivity index (χ3v) is 3.13. The van der Waals surface area contributed by atoms with Gasteiger partial charge in [-0.05, 0) is 37.1 Å². The summed E-state index contributed by atoms with van der Waals surface area (Å²) in [7, 11) is 0. The maximum atomic E-state index is 11.0. The van der Waals surface area contributed by atoms with Gasteiger partial charge in [-0.25, -0.2) is 0 Å². The summed E-state index contributed by atoms with van der Waals surface area (Å²) in [5.74, 6) is -0.997. The summed E-state index contributed by atoms with van der Waals surface area (Å²) < 4.78 is 0. The largest absolute Gasteiger partial charge is 0.481 e. The number of piperidine rings is 1. The molecule has 0 saturated carbocycles. The molecule has 2 rings (SSSR count). The number of aliphatic carboxylic acids is 1. The third kappa shape index (κ3) is 3.99. The number of carboxylic acid groups (broad SMARTS) is 1. The summed E-state index contributed by atoms with van der Waals surface area (Å²) in [6, 6.07) is 9.35. The van der Waals surface area contributed by atoms with Crippen molar-refractivity contribution in [2.24, 2.45) is 5.92 Å². The van der Waals surface area contributed by atoms with Crippen molar-refractivity contribution in [3.63, 3.8) is 0 Å². The summed E-state index contributed by atoms with van der Waals surface area (Å²) in [4.78, 5) is 13.0. The SMILES string of the molecule is CC.N#Cc1ccc(N2CCCC(C(=O)O)C2)cc1. The van der Waals surface area contributed by atoms with Crippen molar-refractivity contribution in [1.29, 1.82) is 5.26 Å². The number of benzene rings is 1. The van der Waals surface area contributed by atoms with Crippen molar-refractivity contribution in [3.8, 4) is 6.07 Å². The van der Waals surface area contributed by atoms with E-state index in [1.807, 2.05) is 26.0 Å². The number of carbonyl (C=O) groups is 1. The average molecular weight is 260 g/mol. The summed E-state index contributed by atoms with van der Waals surface area (Å²) >= 11 is 0. The Morgan fingerprint density at radius 3 is 2.53 bits per heavy atom. The van der Waals surface area contributed by atoms with Crippen LogP contribution in [-0.4, -0.2) is 24.2 Å². The highest BCUT2D eigenvalue weighted by Gasteiger charge is 2.25. The number of anilines is 1. The topological polar surface area (TPSA) is 64.3 Å². The number of hydrogen-bond donors (Lipinski definition) is 1. The molecule has 1 N–H and O–H groups in total. The Morgan fingerprint density at radius 1 is 1.37 bits per heavy atom. The molecule has 0 spiro atoms. The van der Waals surface area contributed by atoms with Crippen molar-refractivity contribution >= 4 is 11.7 Å². The summed E-state index contributed by atoms with van der Waals surface area (Å²) in [5, 5.41) is 17.7. The van der Waals surface area contributed by atoms with E-state index < -0.39 is 5.97 Å². The number of rotatable bonds is 2. The van der Waals surface area contributed by atoms with Gasteiger partial charge in [0.15, 0.2) is 0 Å². The Morgan fingerprint density at radius 2 is 2.00 bits per heavy atom. The van der Waals surface area contributed by atoms with E-state index in [1.165, 1.54) is 0 Å². The molecule has 102 valence electrons. The Labute approximate surface area is 114 Å². The minimum absolute atomic E-state index is 0.278. The third-order valence-electron chi connectivity index (χ3n) is 3.13. The van der Waals surface area contributed by atoms with E-state index in [1.54, 1.807) is 12.1 Å². The van der Waals surface area contributed by atoms with Crippen LogP contribution in [0.1, 0.15) is 32.3 Å². The van der Waals surface area contributed by atoms with E-state index in [-0.39, 0.29) is 5.92 Å². The van der Waals surface area contributed by atoms with E-state index in [0.717, 1.165) is 25.1 Å². The lowest BCUT2D eigenvalue weighted by atomic mass is 9.98. The molecule has 1 aromatic rings. The molecule has 1 aliphatic heterocycles. The van der Waals surface area contributed by atoms with Gasteiger partial charge in [0.05, 0.1) is 17.6 Å². The van der Waals surface area contributed by atoms with Crippen LogP contribution in [0.15, 0.2) is 24.3 Å². The summed E-state index contributed by atoms with van der Waals surface area (Å²) in [5.41, 5.74) is 1.62. The highest BCUT2D eigenvalue weighted by atomic mass is 16.4. The quantitative estimate of drug-likeness (QED) is 0.888. The molecule has 1 atom stereocenters. The molecule has 1 heterocycles. The molecule has 1 saturated heterocycles. The smallest absolute Gasteiger partial charge is 0.308 e. The van der Waals surface area contributed by atoms with Gasteiger partial charge in [-0.1, -0.05) is 13.8 Å². The van der Waals surface area contributed by atoms with Gasteiger partial charge in [0.25, 0.3) is 0 Å². The van der Waals surface area contributed by atoms with Crippen molar-refractivity contribution in [3.05, 3.63) is 29.8 Å². The number of carboxylic acids is 1. The number of nitrogens with zero attached hydrogens (tertiary/aromatic N) is 2. The van der Waals surface area contributed by atoms with Gasteiger partial charge in [-0.2, -0.15) is 5.26 Å². The van der Waals surface area contributed by atoms with Gasteiger partial charge in [0.1, 0.15) is 0 Å². The van der Waals surface area contributed by atoms with Gasteiger partial charge in [-0.3, -0.25) is 4.79 Å². The summed E-state index contributed by atoms with van der Waals surface area (Å²) in [6.45, 7) is 5.44. The second kappa shape index (κ2) is 7.42. The molecule has 1 unspecified atom stereocenters. The molecule has 1 aliphatic rings. The maximum Gasteiger partial charge on any atom is 0.308 e. The van der Waals surface area contributed by atoms with Crippen LogP contribution in [0.25, 0.3) is 0 Å². The molecule has 0 aromatic heterocycles. The normalized spacial score (nSPS) is 17.9. The van der Waals surface area contributed by atoms with Gasteiger partial charge in [-0.15, -0.1) is 0 Å². The molecule has 4 nitrogen and oxygen atoms in total. The molecule has 0 bridgehead atoms. The molecule has 0 aliphatic carbocycles. The lowest BCUT2D eigenvalue weighted by Crippen LogP contribution is -2.38. The molecule has 1 fully saturated rings. The molecule has 19 heavy (non-hydrogen) atoms. The highest BCUT2D eigenvalue weighted by Crippen LogP contribution is 2.23. The number of hydrogen-bond acceptors (Lipinski definition) is 3. The zero-order valence-electron chi connectivity index (χ0n) is 11.5. The van der Waals surface area contributed by atoms with Crippen LogP contribution in [0, 0.1) is 17.2 Å². The first-order valence-electron chi connectivity index (χ1n) is 6.68. The monoisotopic (exact) mass is 260 g/mol. The van der Waals surface area contributed by atoms with Gasteiger partial charge >= 0.3 is 5.97 Å². The van der Waals surface area contributed by atoms with E-state index in [2.05, 4.69) is 11.0 Å². The van der Waals surface area contributed by atoms with Crippen LogP contribution in [0.2, 0.25) is 0 Å². The zero-order chi connectivity index (χ0) is 14.3. The Hall–Kier alpha value is -2.02. The highest BCUT2D eigenvalue weighted by molar-refractivity contribution is 5.71. The van der Waals surface area contributed by atoms with Crippen molar-refractivity contribution in [2.75, 3.05) is 18.0 Å². The molecular formula is C15H20N2O2. The second-order valence-corrected chi connectivity index (χ2v) is 4.28. The first-order chi connectivity index (χ1) is 9.20. The first kappa shape index (κ1) is 15.0. The van der Waals surface area contributed by atoms with Crippen molar-refractivity contribution in [1.82, 2.24) is 0 Å². The summed E-state index contributed by atoms with van der Waals surface area (Å²) in [6.07, 6.45) is 1.65. The standard InChI is InChI=1S/C13H14N2O2.C2H6/c14-8-10-3-5-12(6-4-10)15-7-1-2-11(9-15)13(16)17;1-2/h3-6,11H,1-2,7,9H2,(H,16,17);1-2H3. The van der Waals surface area contributed by atoms with Crippen LogP contribution in [0.3, 0.4) is 0 Å². The molecule has 4 heteroatoms. The Balaban J connectivity index is 0.000000861. The van der Waals surface area contributed by atoms with Crippen LogP contribution >= 0.6 is 0 Å². The lowest BCUT2D eigenvalue weighted by molar-refractivity contribution is -0.141. The average Bonchev–Trinajstić information content (AvgIpc) is 2.49. The van der Waals surface area contributed by atoms with Crippen molar-refractivity contribution < 1.29 is 9.90 Å². The minimum Gasteiger partial charge on any atom is -0.481 e. The predicted molar refractivity (Wildman–Crippen MR) is 75.1 cm³/mol. The second-order valence-electron chi connectivity index (χ2n) is 4.28. The van der Waals surface area contributed by atoms with Crippen molar-refractivity contribution in [2.45, 2.75) is 26.7 Å². The fraction of sp³-hybridized carbons (Fsp3) is 0.467. The minimum atomic E-state index is -0.719. The van der Waals surface area contributed by atoms with Crippen LogP contribution in [-0.2, 0) is 4.79 Å². The van der Waals surface area contributed by atoms with Crippen LogP contribution in [0.4, 0.5) is 5.69 Å². The fourth-order valence-corrected chi connectivity index (χ4v) is 2.16. The van der Waals surface area contributed by atoms with E-state index in [4.69, 9.17) is 10.4 Å². The van der Waals surface area contributed by atoms with Crippen LogP contribution < -0.4 is 4.90 Å². The molecule has 0 amide bonds. The zero-order valence-corrected chi connectivity index (χ0v) is 11.5. The van der Waals surface area contributed by atoms with Gasteiger partial charge < -0.3 is 10.0 Å². The van der Waals surface area contributed by atoms with E-state index >= 15 is 0 Å². The fourth-order valence-electron chi connectivity index (χ4n) is 2.16. The van der Waals surface area contributed by atoms with Gasteiger partial charge in [0, 0.05) is 18.8 Å². The molecule has 0 radical (unpaired) electrons. The number of nitriles is 1.